The lowest BCUT2D eigenvalue weighted by Crippen LogP contribution is -2.42. The Hall–Kier alpha value is -1.61. The number of nitrogens with zero attached hydrogens (tertiary/aromatic N) is 2. The lowest BCUT2D eigenvalue weighted by molar-refractivity contribution is -0.554. The zero-order valence-electron chi connectivity index (χ0n) is 16.1. The first-order chi connectivity index (χ1) is 12.8. The molecule has 0 aromatic heterocycles. The highest BCUT2D eigenvalue weighted by molar-refractivity contribution is 5.50. The summed E-state index contributed by atoms with van der Waals surface area (Å²) in [5.41, 5.74) is 0. The van der Waals surface area contributed by atoms with Crippen molar-refractivity contribution in [3.63, 3.8) is 0 Å². The van der Waals surface area contributed by atoms with Crippen LogP contribution in [0.3, 0.4) is 0 Å². The van der Waals surface area contributed by atoms with Gasteiger partial charge in [0.15, 0.2) is 6.29 Å². The Kier molecular flexibility index (Phi) is 14.5. The summed E-state index contributed by atoms with van der Waals surface area (Å²) in [7, 11) is 0. The molecule has 4 unspecified atom stereocenters. The second kappa shape index (κ2) is 15.4. The monoisotopic (exact) mass is 389 g/mol. The van der Waals surface area contributed by atoms with Crippen LogP contribution in [0, 0.1) is 20.2 Å². The van der Waals surface area contributed by atoms with E-state index in [1.54, 1.807) is 0 Å². The topological polar surface area (TPSA) is 144 Å². The van der Waals surface area contributed by atoms with E-state index in [0.717, 1.165) is 38.5 Å². The van der Waals surface area contributed by atoms with E-state index in [4.69, 9.17) is 0 Å². The maximum absolute atomic E-state index is 11.2. The van der Waals surface area contributed by atoms with Gasteiger partial charge in [-0.2, -0.15) is 0 Å². The fourth-order valence-electron chi connectivity index (χ4n) is 3.10. The molecule has 9 heteroatoms. The third-order valence-electron chi connectivity index (χ3n) is 4.80. The summed E-state index contributed by atoms with van der Waals surface area (Å²) in [6.45, 7) is 1.98. The van der Waals surface area contributed by atoms with Crippen molar-refractivity contribution in [1.29, 1.82) is 0 Å². The number of carbonyl (C=O) groups excluding carboxylic acids is 1. The van der Waals surface area contributed by atoms with Gasteiger partial charge in [-0.15, -0.1) is 0 Å². The molecule has 2 N–H and O–H groups in total. The van der Waals surface area contributed by atoms with Gasteiger partial charge in [0.05, 0.1) is 6.42 Å². The summed E-state index contributed by atoms with van der Waals surface area (Å²) < 4.78 is 0. The van der Waals surface area contributed by atoms with Gasteiger partial charge in [0.2, 0.25) is 12.1 Å². The van der Waals surface area contributed by atoms with Gasteiger partial charge in [0, 0.05) is 22.7 Å². The van der Waals surface area contributed by atoms with Crippen LogP contribution in [-0.2, 0) is 4.79 Å². The Morgan fingerprint density at radius 3 is 1.93 bits per heavy atom. The quantitative estimate of drug-likeness (QED) is 0.208. The largest absolute Gasteiger partial charge is 0.386 e. The number of aliphatic hydroxyl groups excluding tert-OH is 2. The molecule has 0 amide bonds. The molecule has 4 atom stereocenters. The zero-order valence-corrected chi connectivity index (χ0v) is 16.1. The van der Waals surface area contributed by atoms with E-state index in [2.05, 4.69) is 0 Å². The predicted octanol–water partition coefficient (Wildman–Crippen LogP) is 2.81. The van der Waals surface area contributed by atoms with E-state index in [-0.39, 0.29) is 12.8 Å². The molecule has 0 aliphatic heterocycles. The molecule has 0 heterocycles. The number of aliphatic hydroxyl groups is 2. The van der Waals surface area contributed by atoms with E-state index >= 15 is 0 Å². The van der Waals surface area contributed by atoms with Crippen LogP contribution < -0.4 is 0 Å². The van der Waals surface area contributed by atoms with Crippen molar-refractivity contribution in [3.8, 4) is 0 Å². The average molecular weight is 389 g/mol. The van der Waals surface area contributed by atoms with Crippen LogP contribution in [-0.4, -0.2) is 50.6 Å². The van der Waals surface area contributed by atoms with Gasteiger partial charge >= 0.3 is 0 Å². The molecule has 9 nitrogen and oxygen atoms in total. The van der Waals surface area contributed by atoms with Crippen LogP contribution in [0.5, 0.6) is 0 Å². The molecule has 0 saturated heterocycles. The van der Waals surface area contributed by atoms with Crippen LogP contribution in [0.2, 0.25) is 0 Å². The smallest absolute Gasteiger partial charge is 0.241 e. The van der Waals surface area contributed by atoms with E-state index in [1.807, 2.05) is 13.2 Å². The molecule has 0 spiro atoms. The van der Waals surface area contributed by atoms with Crippen molar-refractivity contribution >= 4 is 6.29 Å². The van der Waals surface area contributed by atoms with Gasteiger partial charge in [-0.25, -0.2) is 0 Å². The number of nitro groups is 2. The van der Waals surface area contributed by atoms with Gasteiger partial charge in [-0.1, -0.05) is 45.4 Å². The van der Waals surface area contributed by atoms with Crippen LogP contribution in [0.1, 0.15) is 84.0 Å². The van der Waals surface area contributed by atoms with Crippen molar-refractivity contribution < 1.29 is 24.9 Å². The van der Waals surface area contributed by atoms with E-state index in [0.29, 0.717) is 19.3 Å². The molecule has 1 radical (unpaired) electrons. The Labute approximate surface area is 160 Å². The molecule has 157 valence electrons. The molecule has 27 heavy (non-hydrogen) atoms. The summed E-state index contributed by atoms with van der Waals surface area (Å²) in [6.07, 6.45) is 5.51. The minimum atomic E-state index is -1.47. The summed E-state index contributed by atoms with van der Waals surface area (Å²) >= 11 is 0. The minimum Gasteiger partial charge on any atom is -0.386 e. The first-order valence-electron chi connectivity index (χ1n) is 9.83. The Bertz CT molecular complexity index is 434. The number of unbranched alkanes of at least 4 members (excludes halogenated alkanes) is 7. The van der Waals surface area contributed by atoms with E-state index < -0.39 is 40.6 Å². The highest BCUT2D eigenvalue weighted by Gasteiger charge is 2.38. The second-order valence-electron chi connectivity index (χ2n) is 7.02. The summed E-state index contributed by atoms with van der Waals surface area (Å²) in [5.74, 6) is 0. The van der Waals surface area contributed by atoms with E-state index in [1.165, 1.54) is 0 Å². The van der Waals surface area contributed by atoms with Crippen molar-refractivity contribution in [2.75, 3.05) is 0 Å². The number of hydrogen-bond donors (Lipinski definition) is 2. The van der Waals surface area contributed by atoms with Crippen LogP contribution in [0.25, 0.3) is 0 Å². The fourth-order valence-corrected chi connectivity index (χ4v) is 3.10. The molecule has 0 aromatic rings. The average Bonchev–Trinajstić information content (AvgIpc) is 2.61. The Balaban J connectivity index is 4.51. The molecular formula is C18H33N2O7. The number of rotatable bonds is 18. The SMILES string of the molecule is CCCCCC(O)C(CC(O)C(CCCCCCC[C]=O)[N+](=O)[O-])[N+](=O)[O-]. The van der Waals surface area contributed by atoms with Crippen molar-refractivity contribution in [2.24, 2.45) is 0 Å². The highest BCUT2D eigenvalue weighted by atomic mass is 16.6. The van der Waals surface area contributed by atoms with Gasteiger partial charge in [0.1, 0.15) is 12.2 Å². The summed E-state index contributed by atoms with van der Waals surface area (Å²) in [5, 5.41) is 42.7. The fraction of sp³-hybridized carbons (Fsp3) is 0.944. The molecule has 0 rings (SSSR count). The first-order valence-corrected chi connectivity index (χ1v) is 9.83. The third-order valence-corrected chi connectivity index (χ3v) is 4.80. The molecule has 0 aliphatic carbocycles. The Morgan fingerprint density at radius 2 is 1.37 bits per heavy atom. The minimum absolute atomic E-state index is 0.129. The van der Waals surface area contributed by atoms with Crippen molar-refractivity contribution in [3.05, 3.63) is 20.2 Å². The third kappa shape index (κ3) is 11.7. The molecule has 0 aromatic carbocycles. The normalized spacial score (nSPS) is 15.7. The second-order valence-corrected chi connectivity index (χ2v) is 7.02. The Morgan fingerprint density at radius 1 is 0.815 bits per heavy atom. The van der Waals surface area contributed by atoms with Crippen LogP contribution in [0.15, 0.2) is 0 Å². The molecule has 0 aliphatic rings. The molecule has 0 fully saturated rings. The lowest BCUT2D eigenvalue weighted by Gasteiger charge is -2.21. The predicted molar refractivity (Wildman–Crippen MR) is 100 cm³/mol. The zero-order chi connectivity index (χ0) is 20.7. The van der Waals surface area contributed by atoms with Crippen molar-refractivity contribution in [2.45, 2.75) is 108 Å². The van der Waals surface area contributed by atoms with Gasteiger partial charge < -0.3 is 10.2 Å². The molecular weight excluding hydrogens is 356 g/mol. The van der Waals surface area contributed by atoms with Crippen LogP contribution in [0.4, 0.5) is 0 Å². The maximum atomic E-state index is 11.2. The number of hydrogen-bond acceptors (Lipinski definition) is 7. The summed E-state index contributed by atoms with van der Waals surface area (Å²) in [4.78, 5) is 31.3. The van der Waals surface area contributed by atoms with Crippen molar-refractivity contribution in [1.82, 2.24) is 0 Å². The van der Waals surface area contributed by atoms with Crippen LogP contribution >= 0.6 is 0 Å². The van der Waals surface area contributed by atoms with Gasteiger partial charge in [0.25, 0.3) is 0 Å². The lowest BCUT2D eigenvalue weighted by atomic mass is 9.94. The summed E-state index contributed by atoms with van der Waals surface area (Å²) in [6, 6.07) is -2.68. The maximum Gasteiger partial charge on any atom is 0.241 e. The van der Waals surface area contributed by atoms with E-state index in [9.17, 15) is 35.2 Å². The standard InChI is InChI=1S/C18H33N2O7/c1-2-3-8-12-17(22)16(20(26)27)14-18(23)15(19(24)25)11-9-6-4-5-7-10-13-21/h15-18,22-23H,2-12,14H2,1H3. The molecule has 0 bridgehead atoms. The van der Waals surface area contributed by atoms with Gasteiger partial charge in [-0.3, -0.25) is 25.0 Å². The molecule has 0 saturated carbocycles. The van der Waals surface area contributed by atoms with Gasteiger partial charge in [-0.05, 0) is 19.3 Å². The first kappa shape index (κ1) is 25.4. The highest BCUT2D eigenvalue weighted by Crippen LogP contribution is 2.19.